The van der Waals surface area contributed by atoms with Gasteiger partial charge in [0.1, 0.15) is 5.82 Å². The number of hydrogen-bond acceptors (Lipinski definition) is 5. The maximum Gasteiger partial charge on any atom is 0.164 e. The highest BCUT2D eigenvalue weighted by Gasteiger charge is 2.07. The number of pyridine rings is 1. The van der Waals surface area contributed by atoms with Gasteiger partial charge >= 0.3 is 0 Å². The lowest BCUT2D eigenvalue weighted by atomic mass is 10.1. The molecule has 0 aromatic carbocycles. The molecule has 118 valence electrons. The smallest absolute Gasteiger partial charge is 0.164 e. The number of nitrogens with one attached hydrogen (secondary N) is 1. The zero-order valence-corrected chi connectivity index (χ0v) is 13.2. The molecule has 1 aromatic heterocycles. The Balaban J connectivity index is 2.30. The largest absolute Gasteiger partial charge is 0.370 e. The summed E-state index contributed by atoms with van der Waals surface area (Å²) in [5.74, 6) is 0.900. The molecule has 1 rings (SSSR count). The maximum absolute atomic E-state index is 11.5. The van der Waals surface area contributed by atoms with Crippen LogP contribution in [-0.4, -0.2) is 36.8 Å². The molecule has 21 heavy (non-hydrogen) atoms. The molecule has 0 fully saturated rings. The Hall–Kier alpha value is -1.46. The van der Waals surface area contributed by atoms with E-state index in [1.54, 1.807) is 6.20 Å². The maximum atomic E-state index is 11.5. The van der Waals surface area contributed by atoms with Gasteiger partial charge in [0.15, 0.2) is 12.1 Å². The number of Topliss-reactive ketones (excluding diaryl/α,β-unsaturated/α-hetero) is 1. The standard InChI is InChI=1S/C16H26N2O3/c1-4-14(19)13-9-10-15(18-12-13)17-11-7-8-16(20-5-2)21-6-3/h9-10,12,16H,4-8,11H2,1-3H3,(H,17,18). The van der Waals surface area contributed by atoms with Gasteiger partial charge in [-0.3, -0.25) is 4.79 Å². The fourth-order valence-electron chi connectivity index (χ4n) is 1.94. The van der Waals surface area contributed by atoms with Crippen LogP contribution in [0.25, 0.3) is 0 Å². The number of carbonyl (C=O) groups excluding carboxylic acids is 1. The lowest BCUT2D eigenvalue weighted by Crippen LogP contribution is -2.18. The Labute approximate surface area is 127 Å². The number of aromatic nitrogens is 1. The first kappa shape index (κ1) is 17.6. The molecule has 1 N–H and O–H groups in total. The molecule has 0 spiro atoms. The van der Waals surface area contributed by atoms with Gasteiger partial charge in [-0.1, -0.05) is 6.92 Å². The second kappa shape index (κ2) is 10.3. The highest BCUT2D eigenvalue weighted by Crippen LogP contribution is 2.09. The van der Waals surface area contributed by atoms with Crippen LogP contribution in [0.5, 0.6) is 0 Å². The minimum absolute atomic E-state index is 0.116. The number of ether oxygens (including phenoxy) is 2. The van der Waals surface area contributed by atoms with Crippen molar-refractivity contribution in [3.8, 4) is 0 Å². The van der Waals surface area contributed by atoms with Crippen molar-refractivity contribution in [2.75, 3.05) is 25.1 Å². The van der Waals surface area contributed by atoms with Crippen molar-refractivity contribution in [3.63, 3.8) is 0 Å². The number of carbonyl (C=O) groups is 1. The first-order valence-corrected chi connectivity index (χ1v) is 7.67. The van der Waals surface area contributed by atoms with Crippen molar-refractivity contribution < 1.29 is 14.3 Å². The van der Waals surface area contributed by atoms with E-state index in [9.17, 15) is 4.79 Å². The van der Waals surface area contributed by atoms with Gasteiger partial charge in [-0.05, 0) is 32.4 Å². The summed E-state index contributed by atoms with van der Waals surface area (Å²) in [6.45, 7) is 7.90. The molecular weight excluding hydrogens is 268 g/mol. The van der Waals surface area contributed by atoms with Crippen LogP contribution in [0.3, 0.4) is 0 Å². The minimum atomic E-state index is -0.126. The van der Waals surface area contributed by atoms with Gasteiger partial charge in [-0.2, -0.15) is 0 Å². The number of rotatable bonds is 11. The second-order valence-electron chi connectivity index (χ2n) is 4.62. The number of ketones is 1. The van der Waals surface area contributed by atoms with Crippen molar-refractivity contribution in [1.82, 2.24) is 4.98 Å². The molecule has 0 unspecified atom stereocenters. The second-order valence-corrected chi connectivity index (χ2v) is 4.62. The summed E-state index contributed by atoms with van der Waals surface area (Å²) in [5, 5.41) is 3.23. The Morgan fingerprint density at radius 2 is 1.95 bits per heavy atom. The number of nitrogens with zero attached hydrogens (tertiary/aromatic N) is 1. The van der Waals surface area contributed by atoms with Gasteiger partial charge in [0.05, 0.1) is 0 Å². The van der Waals surface area contributed by atoms with Crippen molar-refractivity contribution in [1.29, 1.82) is 0 Å². The summed E-state index contributed by atoms with van der Waals surface area (Å²) >= 11 is 0. The lowest BCUT2D eigenvalue weighted by molar-refractivity contribution is -0.139. The van der Waals surface area contributed by atoms with Crippen LogP contribution in [-0.2, 0) is 9.47 Å². The molecule has 1 heterocycles. The lowest BCUT2D eigenvalue weighted by Gasteiger charge is -2.16. The third-order valence-corrected chi connectivity index (χ3v) is 3.03. The average molecular weight is 294 g/mol. The molecule has 0 saturated heterocycles. The Morgan fingerprint density at radius 1 is 1.24 bits per heavy atom. The molecule has 0 bridgehead atoms. The highest BCUT2D eigenvalue weighted by atomic mass is 16.7. The molecule has 1 aromatic rings. The van der Waals surface area contributed by atoms with E-state index in [0.717, 1.165) is 25.2 Å². The molecule has 0 amide bonds. The Kier molecular flexibility index (Phi) is 8.62. The third kappa shape index (κ3) is 6.69. The van der Waals surface area contributed by atoms with Crippen molar-refractivity contribution >= 4 is 11.6 Å². The molecule has 0 aliphatic carbocycles. The van der Waals surface area contributed by atoms with Gasteiger partial charge in [-0.15, -0.1) is 0 Å². The predicted molar refractivity (Wildman–Crippen MR) is 83.6 cm³/mol. The van der Waals surface area contributed by atoms with Crippen LogP contribution in [0.15, 0.2) is 18.3 Å². The minimum Gasteiger partial charge on any atom is -0.370 e. The Morgan fingerprint density at radius 3 is 2.48 bits per heavy atom. The molecule has 0 aliphatic rings. The van der Waals surface area contributed by atoms with E-state index < -0.39 is 0 Å². The molecule has 5 heteroatoms. The van der Waals surface area contributed by atoms with Gasteiger partial charge < -0.3 is 14.8 Å². The quantitative estimate of drug-likeness (QED) is 0.385. The van der Waals surface area contributed by atoms with Gasteiger partial charge in [0.25, 0.3) is 0 Å². The zero-order valence-electron chi connectivity index (χ0n) is 13.2. The summed E-state index contributed by atoms with van der Waals surface area (Å²) < 4.78 is 11.0. The van der Waals surface area contributed by atoms with Crippen LogP contribution >= 0.6 is 0 Å². The summed E-state index contributed by atoms with van der Waals surface area (Å²) in [6, 6.07) is 3.65. The molecule has 0 atom stereocenters. The van der Waals surface area contributed by atoms with Crippen LogP contribution in [0.1, 0.15) is 50.4 Å². The van der Waals surface area contributed by atoms with Crippen molar-refractivity contribution in [3.05, 3.63) is 23.9 Å². The monoisotopic (exact) mass is 294 g/mol. The van der Waals surface area contributed by atoms with E-state index in [1.165, 1.54) is 0 Å². The average Bonchev–Trinajstić information content (AvgIpc) is 2.51. The highest BCUT2D eigenvalue weighted by molar-refractivity contribution is 5.95. The summed E-state index contributed by atoms with van der Waals surface area (Å²) in [6.07, 6.45) is 3.78. The van der Waals surface area contributed by atoms with E-state index in [-0.39, 0.29) is 12.1 Å². The van der Waals surface area contributed by atoms with E-state index >= 15 is 0 Å². The molecular formula is C16H26N2O3. The van der Waals surface area contributed by atoms with Crippen molar-refractivity contribution in [2.45, 2.75) is 46.3 Å². The van der Waals surface area contributed by atoms with Crippen LogP contribution in [0, 0.1) is 0 Å². The van der Waals surface area contributed by atoms with Crippen LogP contribution < -0.4 is 5.32 Å². The van der Waals surface area contributed by atoms with E-state index in [0.29, 0.717) is 25.2 Å². The first-order chi connectivity index (χ1) is 10.2. The molecule has 0 saturated carbocycles. The van der Waals surface area contributed by atoms with Crippen LogP contribution in [0.2, 0.25) is 0 Å². The van der Waals surface area contributed by atoms with E-state index in [1.807, 2.05) is 32.9 Å². The predicted octanol–water partition coefficient (Wildman–Crippen LogP) is 3.27. The van der Waals surface area contributed by atoms with Gasteiger partial charge in [0, 0.05) is 44.4 Å². The fourth-order valence-corrected chi connectivity index (χ4v) is 1.94. The van der Waals surface area contributed by atoms with E-state index in [2.05, 4.69) is 10.3 Å². The molecule has 5 nitrogen and oxygen atoms in total. The van der Waals surface area contributed by atoms with Gasteiger partial charge in [0.2, 0.25) is 0 Å². The number of hydrogen-bond donors (Lipinski definition) is 1. The topological polar surface area (TPSA) is 60.5 Å². The molecule has 0 radical (unpaired) electrons. The van der Waals surface area contributed by atoms with Crippen molar-refractivity contribution in [2.24, 2.45) is 0 Å². The summed E-state index contributed by atoms with van der Waals surface area (Å²) in [7, 11) is 0. The molecule has 0 aliphatic heterocycles. The SMILES string of the molecule is CCOC(CCCNc1ccc(C(=O)CC)cn1)OCC. The third-order valence-electron chi connectivity index (χ3n) is 3.03. The first-order valence-electron chi connectivity index (χ1n) is 7.67. The number of anilines is 1. The van der Waals surface area contributed by atoms with Crippen LogP contribution in [0.4, 0.5) is 5.82 Å². The fraction of sp³-hybridized carbons (Fsp3) is 0.625. The zero-order chi connectivity index (χ0) is 15.5. The normalized spacial score (nSPS) is 10.9. The Bertz CT molecular complexity index is 400. The summed E-state index contributed by atoms with van der Waals surface area (Å²) in [5.41, 5.74) is 0.663. The summed E-state index contributed by atoms with van der Waals surface area (Å²) in [4.78, 5) is 15.7. The van der Waals surface area contributed by atoms with Gasteiger partial charge in [-0.25, -0.2) is 4.98 Å². The van der Waals surface area contributed by atoms with E-state index in [4.69, 9.17) is 9.47 Å².